The molecule has 0 aliphatic rings. The topological polar surface area (TPSA) is 17.1 Å². The van der Waals surface area contributed by atoms with Gasteiger partial charge in [-0.15, -0.1) is 11.8 Å². The lowest BCUT2D eigenvalue weighted by Gasteiger charge is -2.05. The highest BCUT2D eigenvalue weighted by molar-refractivity contribution is 9.10. The van der Waals surface area contributed by atoms with E-state index in [0.29, 0.717) is 21.4 Å². The lowest BCUT2D eigenvalue weighted by Crippen LogP contribution is -2.02. The lowest BCUT2D eigenvalue weighted by atomic mass is 10.2. The number of ketones is 1. The molecule has 0 spiro atoms. The smallest absolute Gasteiger partial charge is 0.173 e. The van der Waals surface area contributed by atoms with Crippen LogP contribution in [0, 0.1) is 0 Å². The minimum Gasteiger partial charge on any atom is -0.293 e. The number of Topliss-reactive ketones (excluding diaryl/α,β-unsaturated/α-hetero) is 1. The van der Waals surface area contributed by atoms with Gasteiger partial charge >= 0.3 is 0 Å². The van der Waals surface area contributed by atoms with Crippen molar-refractivity contribution in [2.45, 2.75) is 4.90 Å². The molecule has 0 unspecified atom stereocenters. The van der Waals surface area contributed by atoms with Crippen molar-refractivity contribution >= 4 is 56.7 Å². The van der Waals surface area contributed by atoms with E-state index in [1.54, 1.807) is 24.3 Å². The Morgan fingerprint density at radius 3 is 2.68 bits per heavy atom. The highest BCUT2D eigenvalue weighted by Crippen LogP contribution is 2.30. The molecule has 0 N–H and O–H groups in total. The van der Waals surface area contributed by atoms with Crippen LogP contribution >= 0.6 is 50.9 Å². The third-order valence-corrected chi connectivity index (χ3v) is 4.62. The molecule has 0 aromatic heterocycles. The van der Waals surface area contributed by atoms with Crippen molar-refractivity contribution in [3.63, 3.8) is 0 Å². The molecule has 0 fully saturated rings. The first-order valence-corrected chi connectivity index (χ1v) is 7.96. The first kappa shape index (κ1) is 14.9. The largest absolute Gasteiger partial charge is 0.293 e. The second-order valence-electron chi connectivity index (χ2n) is 3.80. The highest BCUT2D eigenvalue weighted by Gasteiger charge is 2.09. The van der Waals surface area contributed by atoms with E-state index in [1.807, 2.05) is 18.2 Å². The second-order valence-corrected chi connectivity index (χ2v) is 6.57. The van der Waals surface area contributed by atoms with Crippen LogP contribution in [-0.4, -0.2) is 11.5 Å². The van der Waals surface area contributed by atoms with E-state index in [9.17, 15) is 4.79 Å². The summed E-state index contributed by atoms with van der Waals surface area (Å²) in [5, 5.41) is 1.22. The molecular weight excluding hydrogens is 367 g/mol. The number of carbonyl (C=O) groups is 1. The van der Waals surface area contributed by atoms with Crippen LogP contribution in [0.5, 0.6) is 0 Å². The van der Waals surface area contributed by atoms with E-state index < -0.39 is 0 Å². The Morgan fingerprint density at radius 1 is 1.16 bits per heavy atom. The third-order valence-electron chi connectivity index (χ3n) is 2.40. The van der Waals surface area contributed by atoms with Crippen LogP contribution in [0.1, 0.15) is 10.4 Å². The molecule has 0 atom stereocenters. The Morgan fingerprint density at radius 2 is 1.95 bits per heavy atom. The molecule has 0 radical (unpaired) electrons. The highest BCUT2D eigenvalue weighted by atomic mass is 79.9. The molecule has 0 heterocycles. The average molecular weight is 376 g/mol. The number of halogens is 3. The average Bonchev–Trinajstić information content (AvgIpc) is 2.39. The van der Waals surface area contributed by atoms with Crippen LogP contribution in [0.25, 0.3) is 0 Å². The summed E-state index contributed by atoms with van der Waals surface area (Å²) in [6.07, 6.45) is 0. The molecule has 0 bridgehead atoms. The van der Waals surface area contributed by atoms with Gasteiger partial charge in [-0.05, 0) is 30.3 Å². The van der Waals surface area contributed by atoms with Gasteiger partial charge in [0.15, 0.2) is 5.78 Å². The van der Waals surface area contributed by atoms with Crippen molar-refractivity contribution in [3.05, 3.63) is 62.5 Å². The maximum atomic E-state index is 12.0. The van der Waals surface area contributed by atoms with Crippen LogP contribution in [0.2, 0.25) is 10.0 Å². The normalized spacial score (nSPS) is 10.5. The van der Waals surface area contributed by atoms with Gasteiger partial charge < -0.3 is 0 Å². The van der Waals surface area contributed by atoms with Gasteiger partial charge in [-0.25, -0.2) is 0 Å². The lowest BCUT2D eigenvalue weighted by molar-refractivity contribution is 0.102. The fraction of sp³-hybridized carbons (Fsp3) is 0.0714. The maximum Gasteiger partial charge on any atom is 0.173 e. The number of thioether (sulfide) groups is 1. The Bertz CT molecular complexity index is 616. The fourth-order valence-electron chi connectivity index (χ4n) is 1.48. The van der Waals surface area contributed by atoms with E-state index in [1.165, 1.54) is 11.8 Å². The summed E-state index contributed by atoms with van der Waals surface area (Å²) < 4.78 is 0.893. The summed E-state index contributed by atoms with van der Waals surface area (Å²) in [6, 6.07) is 12.6. The number of benzene rings is 2. The zero-order valence-corrected chi connectivity index (χ0v) is 13.6. The maximum absolute atomic E-state index is 12.0. The van der Waals surface area contributed by atoms with Crippen LogP contribution in [0.3, 0.4) is 0 Å². The predicted octanol–water partition coefficient (Wildman–Crippen LogP) is 5.73. The van der Waals surface area contributed by atoms with Crippen molar-refractivity contribution < 1.29 is 4.79 Å². The molecule has 5 heteroatoms. The van der Waals surface area contributed by atoms with Gasteiger partial charge in [-0.2, -0.15) is 0 Å². The predicted molar refractivity (Wildman–Crippen MR) is 85.7 cm³/mol. The Labute approximate surface area is 134 Å². The van der Waals surface area contributed by atoms with Gasteiger partial charge in [0.25, 0.3) is 0 Å². The van der Waals surface area contributed by atoms with Crippen molar-refractivity contribution in [3.8, 4) is 0 Å². The zero-order chi connectivity index (χ0) is 13.8. The number of hydrogen-bond acceptors (Lipinski definition) is 2. The first-order valence-electron chi connectivity index (χ1n) is 5.43. The van der Waals surface area contributed by atoms with Gasteiger partial charge in [0.2, 0.25) is 0 Å². The van der Waals surface area contributed by atoms with E-state index in [0.717, 1.165) is 9.37 Å². The van der Waals surface area contributed by atoms with E-state index >= 15 is 0 Å². The van der Waals surface area contributed by atoms with Gasteiger partial charge in [-0.1, -0.05) is 51.3 Å². The molecular formula is C14H9BrCl2OS. The van der Waals surface area contributed by atoms with Crippen molar-refractivity contribution in [1.29, 1.82) is 0 Å². The van der Waals surface area contributed by atoms with Gasteiger partial charge in [-0.3, -0.25) is 4.79 Å². The molecule has 1 nitrogen and oxygen atoms in total. The summed E-state index contributed by atoms with van der Waals surface area (Å²) >= 11 is 16.7. The molecule has 2 aromatic carbocycles. The summed E-state index contributed by atoms with van der Waals surface area (Å²) in [5.41, 5.74) is 0.681. The van der Waals surface area contributed by atoms with Crippen LogP contribution in [0.15, 0.2) is 51.8 Å². The summed E-state index contributed by atoms with van der Waals surface area (Å²) in [5.74, 6) is 0.388. The minimum atomic E-state index is 0.0577. The Balaban J connectivity index is 2.06. The third kappa shape index (κ3) is 4.25. The molecule has 0 saturated carbocycles. The van der Waals surface area contributed by atoms with Crippen molar-refractivity contribution in [2.24, 2.45) is 0 Å². The van der Waals surface area contributed by atoms with E-state index in [-0.39, 0.29) is 5.78 Å². The summed E-state index contributed by atoms with van der Waals surface area (Å²) in [7, 11) is 0. The molecule has 98 valence electrons. The van der Waals surface area contributed by atoms with Crippen molar-refractivity contribution in [2.75, 3.05) is 5.75 Å². The monoisotopic (exact) mass is 374 g/mol. The molecule has 0 amide bonds. The van der Waals surface area contributed by atoms with Crippen LogP contribution < -0.4 is 0 Å². The number of rotatable bonds is 4. The standard InChI is InChI=1S/C14H9BrCl2OS/c15-10-3-1-2-9(6-10)13(18)8-19-14-7-11(16)4-5-12(14)17/h1-7H,8H2. The Hall–Kier alpha value is -0.480. The van der Waals surface area contributed by atoms with Gasteiger partial charge in [0.1, 0.15) is 0 Å². The van der Waals surface area contributed by atoms with Gasteiger partial charge in [0, 0.05) is 20.0 Å². The second kappa shape index (κ2) is 6.80. The molecule has 2 rings (SSSR count). The first-order chi connectivity index (χ1) is 9.06. The minimum absolute atomic E-state index is 0.0577. The number of carbonyl (C=O) groups excluding carboxylic acids is 1. The molecule has 2 aromatic rings. The van der Waals surface area contributed by atoms with Crippen LogP contribution in [-0.2, 0) is 0 Å². The van der Waals surface area contributed by atoms with E-state index in [2.05, 4.69) is 15.9 Å². The Kier molecular flexibility index (Phi) is 5.34. The molecule has 0 aliphatic heterocycles. The SMILES string of the molecule is O=C(CSc1cc(Cl)ccc1Cl)c1cccc(Br)c1. The molecule has 0 saturated heterocycles. The van der Waals surface area contributed by atoms with Crippen molar-refractivity contribution in [1.82, 2.24) is 0 Å². The molecule has 0 aliphatic carbocycles. The molecule has 19 heavy (non-hydrogen) atoms. The van der Waals surface area contributed by atoms with Gasteiger partial charge in [0.05, 0.1) is 10.8 Å². The number of hydrogen-bond donors (Lipinski definition) is 0. The summed E-state index contributed by atoms with van der Waals surface area (Å²) in [4.78, 5) is 12.9. The van der Waals surface area contributed by atoms with E-state index in [4.69, 9.17) is 23.2 Å². The van der Waals surface area contributed by atoms with Crippen LogP contribution in [0.4, 0.5) is 0 Å². The zero-order valence-electron chi connectivity index (χ0n) is 9.70. The quantitative estimate of drug-likeness (QED) is 0.501. The summed E-state index contributed by atoms with van der Waals surface area (Å²) in [6.45, 7) is 0. The fourth-order valence-corrected chi connectivity index (χ4v) is 3.26.